The van der Waals surface area contributed by atoms with Gasteiger partial charge >= 0.3 is 6.18 Å². The molecule has 134 valence electrons. The predicted octanol–water partition coefficient (Wildman–Crippen LogP) is 4.91. The van der Waals surface area contributed by atoms with Gasteiger partial charge in [0.05, 0.1) is 10.6 Å². The standard InChI is InChI=1S/C17H17ClF3N3S/c1-24(2)13-6-4-12(5-7-13)23-16(25)22-10-11-3-8-15(18)14(9-11)17(19,20)21/h3-9H,10H2,1-2H3,(H2,22,23,25). The summed E-state index contributed by atoms with van der Waals surface area (Å²) in [5.41, 5.74) is 1.41. The van der Waals surface area contributed by atoms with Crippen molar-refractivity contribution in [3.63, 3.8) is 0 Å². The molecule has 0 saturated heterocycles. The van der Waals surface area contributed by atoms with Crippen LogP contribution in [-0.4, -0.2) is 19.2 Å². The van der Waals surface area contributed by atoms with E-state index in [0.29, 0.717) is 10.7 Å². The van der Waals surface area contributed by atoms with Gasteiger partial charge in [-0.15, -0.1) is 0 Å². The van der Waals surface area contributed by atoms with Gasteiger partial charge in [-0.3, -0.25) is 0 Å². The first-order valence-electron chi connectivity index (χ1n) is 7.34. The molecule has 2 aromatic rings. The average molecular weight is 388 g/mol. The van der Waals surface area contributed by atoms with Gasteiger partial charge in [0, 0.05) is 32.0 Å². The minimum Gasteiger partial charge on any atom is -0.378 e. The fraction of sp³-hybridized carbons (Fsp3) is 0.235. The lowest BCUT2D eigenvalue weighted by atomic mass is 10.1. The van der Waals surface area contributed by atoms with E-state index in [-0.39, 0.29) is 11.6 Å². The van der Waals surface area contributed by atoms with Crippen molar-refractivity contribution in [2.45, 2.75) is 12.7 Å². The monoisotopic (exact) mass is 387 g/mol. The number of anilines is 2. The second kappa shape index (κ2) is 7.93. The molecule has 0 radical (unpaired) electrons. The highest BCUT2D eigenvalue weighted by Gasteiger charge is 2.33. The number of alkyl halides is 3. The molecule has 2 N–H and O–H groups in total. The molecule has 0 amide bonds. The normalized spacial score (nSPS) is 11.1. The summed E-state index contributed by atoms with van der Waals surface area (Å²) in [6.07, 6.45) is -4.49. The van der Waals surface area contributed by atoms with Gasteiger partial charge in [-0.25, -0.2) is 0 Å². The molecule has 0 aliphatic carbocycles. The third-order valence-electron chi connectivity index (χ3n) is 3.43. The zero-order valence-electron chi connectivity index (χ0n) is 13.6. The van der Waals surface area contributed by atoms with E-state index in [1.54, 1.807) is 0 Å². The number of rotatable bonds is 4. The van der Waals surface area contributed by atoms with E-state index >= 15 is 0 Å². The molecule has 0 unspecified atom stereocenters. The number of nitrogens with one attached hydrogen (secondary N) is 2. The van der Waals surface area contributed by atoms with E-state index in [2.05, 4.69) is 10.6 Å². The van der Waals surface area contributed by atoms with Crippen molar-refractivity contribution in [1.29, 1.82) is 0 Å². The highest BCUT2D eigenvalue weighted by molar-refractivity contribution is 7.80. The zero-order valence-corrected chi connectivity index (χ0v) is 15.2. The third kappa shape index (κ3) is 5.51. The van der Waals surface area contributed by atoms with Crippen LogP contribution in [0.3, 0.4) is 0 Å². The molecule has 0 bridgehead atoms. The van der Waals surface area contributed by atoms with E-state index in [1.165, 1.54) is 12.1 Å². The molecule has 8 heteroatoms. The topological polar surface area (TPSA) is 27.3 Å². The van der Waals surface area contributed by atoms with Crippen LogP contribution in [0.5, 0.6) is 0 Å². The predicted molar refractivity (Wildman–Crippen MR) is 100 cm³/mol. The Morgan fingerprint density at radius 3 is 2.32 bits per heavy atom. The molecule has 3 nitrogen and oxygen atoms in total. The van der Waals surface area contributed by atoms with Gasteiger partial charge in [0.15, 0.2) is 5.11 Å². The first-order valence-corrected chi connectivity index (χ1v) is 8.13. The van der Waals surface area contributed by atoms with Crippen LogP contribution in [-0.2, 0) is 12.7 Å². The molecule has 0 spiro atoms. The molecular formula is C17H17ClF3N3S. The molecule has 0 saturated carbocycles. The maximum absolute atomic E-state index is 12.9. The Bertz CT molecular complexity index is 746. The van der Waals surface area contributed by atoms with Gasteiger partial charge in [-0.2, -0.15) is 13.2 Å². The van der Waals surface area contributed by atoms with Gasteiger partial charge in [0.2, 0.25) is 0 Å². The van der Waals surface area contributed by atoms with Gasteiger partial charge in [-0.1, -0.05) is 17.7 Å². The molecule has 0 aromatic heterocycles. The van der Waals surface area contributed by atoms with Crippen LogP contribution >= 0.6 is 23.8 Å². The summed E-state index contributed by atoms with van der Waals surface area (Å²) in [6, 6.07) is 11.4. The Balaban J connectivity index is 1.96. The first kappa shape index (κ1) is 19.3. The average Bonchev–Trinajstić information content (AvgIpc) is 2.53. The van der Waals surface area contributed by atoms with Crippen molar-refractivity contribution < 1.29 is 13.2 Å². The highest BCUT2D eigenvalue weighted by Crippen LogP contribution is 2.35. The molecule has 2 rings (SSSR count). The van der Waals surface area contributed by atoms with Gasteiger partial charge in [0.1, 0.15) is 0 Å². The van der Waals surface area contributed by atoms with E-state index in [0.717, 1.165) is 17.4 Å². The number of hydrogen-bond donors (Lipinski definition) is 2. The van der Waals surface area contributed by atoms with E-state index in [1.807, 2.05) is 43.3 Å². The minimum atomic E-state index is -4.49. The number of hydrogen-bond acceptors (Lipinski definition) is 2. The van der Waals surface area contributed by atoms with Crippen molar-refractivity contribution in [3.8, 4) is 0 Å². The van der Waals surface area contributed by atoms with Crippen LogP contribution < -0.4 is 15.5 Å². The molecule has 0 atom stereocenters. The summed E-state index contributed by atoms with van der Waals surface area (Å²) in [5.74, 6) is 0. The Morgan fingerprint density at radius 2 is 1.76 bits per heavy atom. The lowest BCUT2D eigenvalue weighted by molar-refractivity contribution is -0.137. The smallest absolute Gasteiger partial charge is 0.378 e. The van der Waals surface area contributed by atoms with Gasteiger partial charge < -0.3 is 15.5 Å². The van der Waals surface area contributed by atoms with Crippen molar-refractivity contribution in [2.75, 3.05) is 24.3 Å². The Morgan fingerprint density at radius 1 is 1.12 bits per heavy atom. The summed E-state index contributed by atoms with van der Waals surface area (Å²) < 4.78 is 38.6. The lowest BCUT2D eigenvalue weighted by Crippen LogP contribution is -2.28. The summed E-state index contributed by atoms with van der Waals surface area (Å²) in [7, 11) is 3.88. The first-order chi connectivity index (χ1) is 11.7. The molecule has 0 fully saturated rings. The SMILES string of the molecule is CN(C)c1ccc(NC(=S)NCc2ccc(Cl)c(C(F)(F)F)c2)cc1. The molecular weight excluding hydrogens is 371 g/mol. The lowest BCUT2D eigenvalue weighted by Gasteiger charge is -2.15. The van der Waals surface area contributed by atoms with Crippen LogP contribution in [0, 0.1) is 0 Å². The van der Waals surface area contributed by atoms with Crippen LogP contribution in [0.4, 0.5) is 24.5 Å². The highest BCUT2D eigenvalue weighted by atomic mass is 35.5. The van der Waals surface area contributed by atoms with Crippen LogP contribution in [0.25, 0.3) is 0 Å². The Labute approximate surface area is 154 Å². The summed E-state index contributed by atoms with van der Waals surface area (Å²) in [4.78, 5) is 1.97. The summed E-state index contributed by atoms with van der Waals surface area (Å²) >= 11 is 10.8. The van der Waals surface area contributed by atoms with Crippen LogP contribution in [0.1, 0.15) is 11.1 Å². The number of thiocarbonyl (C=S) groups is 1. The van der Waals surface area contributed by atoms with Crippen LogP contribution in [0.2, 0.25) is 5.02 Å². The van der Waals surface area contributed by atoms with E-state index in [9.17, 15) is 13.2 Å². The largest absolute Gasteiger partial charge is 0.417 e. The summed E-state index contributed by atoms with van der Waals surface area (Å²) in [6.45, 7) is 0.155. The molecule has 0 aliphatic heterocycles. The second-order valence-corrected chi connectivity index (χ2v) is 6.38. The fourth-order valence-electron chi connectivity index (χ4n) is 2.10. The fourth-order valence-corrected chi connectivity index (χ4v) is 2.51. The number of benzene rings is 2. The van der Waals surface area contributed by atoms with E-state index in [4.69, 9.17) is 23.8 Å². The second-order valence-electron chi connectivity index (χ2n) is 5.56. The summed E-state index contributed by atoms with van der Waals surface area (Å²) in [5, 5.41) is 5.87. The van der Waals surface area contributed by atoms with Gasteiger partial charge in [-0.05, 0) is 54.2 Å². The Hall–Kier alpha value is -1.99. The maximum Gasteiger partial charge on any atom is 0.417 e. The molecule has 0 heterocycles. The zero-order chi connectivity index (χ0) is 18.6. The van der Waals surface area contributed by atoms with Gasteiger partial charge in [0.25, 0.3) is 0 Å². The van der Waals surface area contributed by atoms with Crippen molar-refractivity contribution in [2.24, 2.45) is 0 Å². The van der Waals surface area contributed by atoms with Crippen molar-refractivity contribution in [3.05, 3.63) is 58.6 Å². The van der Waals surface area contributed by atoms with Crippen LogP contribution in [0.15, 0.2) is 42.5 Å². The molecule has 0 aliphatic rings. The van der Waals surface area contributed by atoms with Crippen molar-refractivity contribution >= 4 is 40.3 Å². The maximum atomic E-state index is 12.9. The third-order valence-corrected chi connectivity index (χ3v) is 4.01. The number of nitrogens with zero attached hydrogens (tertiary/aromatic N) is 1. The molecule has 2 aromatic carbocycles. The Kier molecular flexibility index (Phi) is 6.13. The van der Waals surface area contributed by atoms with E-state index < -0.39 is 11.7 Å². The minimum absolute atomic E-state index is 0.155. The quantitative estimate of drug-likeness (QED) is 0.729. The number of halogens is 4. The van der Waals surface area contributed by atoms with Crippen molar-refractivity contribution in [1.82, 2.24) is 5.32 Å². The molecule has 25 heavy (non-hydrogen) atoms.